The quantitative estimate of drug-likeness (QED) is 0.589. The van der Waals surface area contributed by atoms with E-state index in [2.05, 4.69) is 20.8 Å². The van der Waals surface area contributed by atoms with E-state index < -0.39 is 0 Å². The Kier molecular flexibility index (Phi) is 1.47. The molecular formula is C11H20O. The molecule has 12 heavy (non-hydrogen) atoms. The monoisotopic (exact) mass is 168 g/mol. The second kappa shape index (κ2) is 2.06. The molecule has 2 rings (SSSR count). The van der Waals surface area contributed by atoms with Crippen molar-refractivity contribution in [2.45, 2.75) is 46.1 Å². The van der Waals surface area contributed by atoms with Crippen LogP contribution in [0.2, 0.25) is 0 Å². The predicted octanol–water partition coefficient (Wildman–Crippen LogP) is 2.44. The third-order valence-corrected chi connectivity index (χ3v) is 4.83. The average molecular weight is 168 g/mol. The van der Waals surface area contributed by atoms with Gasteiger partial charge in [0.2, 0.25) is 0 Å². The van der Waals surface area contributed by atoms with Crippen molar-refractivity contribution >= 4 is 0 Å². The molecule has 0 heterocycles. The zero-order valence-electron chi connectivity index (χ0n) is 8.59. The molecule has 1 heteroatoms. The van der Waals surface area contributed by atoms with Gasteiger partial charge < -0.3 is 5.11 Å². The fraction of sp³-hybridized carbons (Fsp3) is 1.00. The van der Waals surface area contributed by atoms with E-state index >= 15 is 0 Å². The minimum absolute atomic E-state index is 0.362. The number of rotatable bonds is 0. The molecule has 1 N–H and O–H groups in total. The molecular weight excluding hydrogens is 148 g/mol. The highest BCUT2D eigenvalue weighted by molar-refractivity contribution is 5.09. The third kappa shape index (κ3) is 0.834. The Morgan fingerprint density at radius 1 is 1.25 bits per heavy atom. The van der Waals surface area contributed by atoms with Crippen LogP contribution in [0.15, 0.2) is 0 Å². The van der Waals surface area contributed by atoms with Crippen molar-refractivity contribution in [3.8, 4) is 0 Å². The summed E-state index contributed by atoms with van der Waals surface area (Å²) in [5.41, 5.74) is 0.104. The molecule has 2 bridgehead atoms. The van der Waals surface area contributed by atoms with Gasteiger partial charge in [-0.15, -0.1) is 0 Å². The summed E-state index contributed by atoms with van der Waals surface area (Å²) in [5, 5.41) is 10.1. The average Bonchev–Trinajstić information content (AvgIpc) is 2.31. The van der Waals surface area contributed by atoms with Gasteiger partial charge in [0.1, 0.15) is 0 Å². The topological polar surface area (TPSA) is 20.2 Å². The smallest absolute Gasteiger partial charge is 0.0653 e. The summed E-state index contributed by atoms with van der Waals surface area (Å²) in [6.07, 6.45) is 2.27. The zero-order valence-corrected chi connectivity index (χ0v) is 8.59. The van der Waals surface area contributed by atoms with Crippen molar-refractivity contribution in [1.29, 1.82) is 0 Å². The minimum Gasteiger partial charge on any atom is -0.390 e. The maximum absolute atomic E-state index is 10.1. The maximum atomic E-state index is 10.1. The summed E-state index contributed by atoms with van der Waals surface area (Å²) in [6, 6.07) is 0. The molecule has 0 radical (unpaired) electrons. The van der Waals surface area contributed by atoms with Crippen molar-refractivity contribution < 1.29 is 5.11 Å². The molecule has 1 nitrogen and oxygen atoms in total. The van der Waals surface area contributed by atoms with E-state index in [0.29, 0.717) is 17.3 Å². The fourth-order valence-corrected chi connectivity index (χ4v) is 3.49. The van der Waals surface area contributed by atoms with Crippen LogP contribution in [-0.4, -0.2) is 10.7 Å². The lowest BCUT2D eigenvalue weighted by molar-refractivity contribution is -0.0537. The number of hydrogen-bond donors (Lipinski definition) is 1. The predicted molar refractivity (Wildman–Crippen MR) is 49.8 cm³/mol. The van der Waals surface area contributed by atoms with Crippen LogP contribution in [0.1, 0.15) is 40.5 Å². The van der Waals surface area contributed by atoms with E-state index in [1.165, 1.54) is 6.42 Å². The van der Waals surface area contributed by atoms with E-state index in [-0.39, 0.29) is 5.60 Å². The molecule has 2 saturated carbocycles. The van der Waals surface area contributed by atoms with Crippen LogP contribution in [0.5, 0.6) is 0 Å². The van der Waals surface area contributed by atoms with Gasteiger partial charge in [0.05, 0.1) is 5.60 Å². The Hall–Kier alpha value is -0.0400. The lowest BCUT2D eigenvalue weighted by Gasteiger charge is -2.43. The van der Waals surface area contributed by atoms with Crippen molar-refractivity contribution in [2.75, 3.05) is 0 Å². The van der Waals surface area contributed by atoms with Crippen LogP contribution in [0.3, 0.4) is 0 Å². The van der Waals surface area contributed by atoms with Crippen LogP contribution in [0.4, 0.5) is 0 Å². The highest BCUT2D eigenvalue weighted by atomic mass is 16.3. The summed E-state index contributed by atoms with van der Waals surface area (Å²) in [4.78, 5) is 0. The normalized spacial score (nSPS) is 56.2. The maximum Gasteiger partial charge on any atom is 0.0653 e. The van der Waals surface area contributed by atoms with Crippen molar-refractivity contribution in [3.05, 3.63) is 0 Å². The zero-order chi connectivity index (χ0) is 9.15. The fourth-order valence-electron chi connectivity index (χ4n) is 3.49. The molecule has 0 aromatic rings. The van der Waals surface area contributed by atoms with E-state index in [0.717, 1.165) is 12.3 Å². The van der Waals surface area contributed by atoms with Gasteiger partial charge in [-0.1, -0.05) is 20.8 Å². The van der Waals surface area contributed by atoms with Crippen molar-refractivity contribution in [2.24, 2.45) is 23.2 Å². The third-order valence-electron chi connectivity index (χ3n) is 4.83. The highest BCUT2D eigenvalue weighted by Crippen LogP contribution is 2.62. The molecule has 4 atom stereocenters. The van der Waals surface area contributed by atoms with Gasteiger partial charge in [0.25, 0.3) is 0 Å². The van der Waals surface area contributed by atoms with E-state index in [4.69, 9.17) is 0 Å². The molecule has 70 valence electrons. The second-order valence-electron chi connectivity index (χ2n) is 5.71. The van der Waals surface area contributed by atoms with Crippen LogP contribution in [0, 0.1) is 23.2 Å². The Morgan fingerprint density at radius 2 is 1.83 bits per heavy atom. The van der Waals surface area contributed by atoms with Gasteiger partial charge in [-0.25, -0.2) is 0 Å². The second-order valence-corrected chi connectivity index (χ2v) is 5.71. The SMILES string of the molecule is C[C@H]1[C@H]2C[C@@H](C[C@]2(C)O)C1(C)C. The Bertz CT molecular complexity index is 201. The lowest BCUT2D eigenvalue weighted by atomic mass is 9.65. The summed E-state index contributed by atoms with van der Waals surface area (Å²) in [5.74, 6) is 2.00. The molecule has 2 fully saturated rings. The van der Waals surface area contributed by atoms with Crippen molar-refractivity contribution in [3.63, 3.8) is 0 Å². The van der Waals surface area contributed by atoms with E-state index in [9.17, 15) is 5.11 Å². The van der Waals surface area contributed by atoms with Crippen LogP contribution < -0.4 is 0 Å². The van der Waals surface area contributed by atoms with E-state index in [1.54, 1.807) is 0 Å². The highest BCUT2D eigenvalue weighted by Gasteiger charge is 2.59. The van der Waals surface area contributed by atoms with Crippen LogP contribution in [0.25, 0.3) is 0 Å². The molecule has 0 aliphatic heterocycles. The molecule has 0 unspecified atom stereocenters. The Balaban J connectivity index is 2.30. The van der Waals surface area contributed by atoms with Gasteiger partial charge in [-0.05, 0) is 42.9 Å². The Morgan fingerprint density at radius 3 is 2.17 bits per heavy atom. The number of fused-ring (bicyclic) bond motifs is 2. The minimum atomic E-state index is -0.362. The van der Waals surface area contributed by atoms with Gasteiger partial charge >= 0.3 is 0 Å². The lowest BCUT2D eigenvalue weighted by Crippen LogP contribution is -2.42. The molecule has 2 aliphatic carbocycles. The van der Waals surface area contributed by atoms with Crippen molar-refractivity contribution in [1.82, 2.24) is 0 Å². The van der Waals surface area contributed by atoms with Gasteiger partial charge in [0.15, 0.2) is 0 Å². The molecule has 0 aromatic heterocycles. The molecule has 0 spiro atoms. The van der Waals surface area contributed by atoms with E-state index in [1.807, 2.05) is 6.92 Å². The number of hydrogen-bond acceptors (Lipinski definition) is 1. The van der Waals surface area contributed by atoms with Crippen LogP contribution >= 0.6 is 0 Å². The van der Waals surface area contributed by atoms with Gasteiger partial charge in [-0.2, -0.15) is 0 Å². The Labute approximate surface area is 75.2 Å². The first-order valence-corrected chi connectivity index (χ1v) is 5.08. The van der Waals surface area contributed by atoms with Gasteiger partial charge in [0, 0.05) is 0 Å². The first-order valence-electron chi connectivity index (χ1n) is 5.08. The summed E-state index contributed by atoms with van der Waals surface area (Å²) in [6.45, 7) is 9.04. The summed E-state index contributed by atoms with van der Waals surface area (Å²) < 4.78 is 0. The molecule has 0 aromatic carbocycles. The summed E-state index contributed by atoms with van der Waals surface area (Å²) in [7, 11) is 0. The summed E-state index contributed by atoms with van der Waals surface area (Å²) >= 11 is 0. The number of aliphatic hydroxyl groups is 1. The van der Waals surface area contributed by atoms with Crippen LogP contribution in [-0.2, 0) is 0 Å². The molecule has 0 amide bonds. The first kappa shape index (κ1) is 8.55. The molecule has 2 aliphatic rings. The van der Waals surface area contributed by atoms with Gasteiger partial charge in [-0.3, -0.25) is 0 Å². The standard InChI is InChI=1S/C11H20O/c1-7-9-5-8(10(7,2)3)6-11(9,4)12/h7-9,12H,5-6H2,1-4H3/t7-,8-,9+,11-/m0/s1. The largest absolute Gasteiger partial charge is 0.390 e. The molecule has 0 saturated heterocycles. The first-order chi connectivity index (χ1) is 5.36.